The smallest absolute Gasteiger partial charge is 0.248 e. The van der Waals surface area contributed by atoms with Gasteiger partial charge in [-0.3, -0.25) is 0 Å². The topological polar surface area (TPSA) is 87.7 Å². The summed E-state index contributed by atoms with van der Waals surface area (Å²) < 4.78 is 27.0. The highest BCUT2D eigenvalue weighted by Gasteiger charge is 2.20. The van der Waals surface area contributed by atoms with E-state index in [9.17, 15) is 8.42 Å². The number of nitrogens with zero attached hydrogens (tertiary/aromatic N) is 2. The molecule has 2 aromatic rings. The van der Waals surface area contributed by atoms with E-state index in [0.29, 0.717) is 5.16 Å². The number of aromatic nitrogens is 3. The quantitative estimate of drug-likeness (QED) is 0.789. The van der Waals surface area contributed by atoms with Gasteiger partial charge in [-0.05, 0) is 35.8 Å². The van der Waals surface area contributed by atoms with Gasteiger partial charge < -0.3 is 0 Å². The Bertz CT molecular complexity index is 736. The van der Waals surface area contributed by atoms with E-state index < -0.39 is 10.0 Å². The monoisotopic (exact) mass is 340 g/mol. The lowest BCUT2D eigenvalue weighted by Gasteiger charge is -2.23. The van der Waals surface area contributed by atoms with E-state index in [0.717, 1.165) is 12.0 Å². The summed E-state index contributed by atoms with van der Waals surface area (Å²) in [5, 5.41) is 6.91. The average molecular weight is 340 g/mol. The van der Waals surface area contributed by atoms with Crippen LogP contribution in [-0.4, -0.2) is 29.9 Å². The maximum absolute atomic E-state index is 12.3. The highest BCUT2D eigenvalue weighted by atomic mass is 32.2. The van der Waals surface area contributed by atoms with Gasteiger partial charge in [0, 0.05) is 0 Å². The first-order chi connectivity index (χ1) is 10.3. The van der Waals surface area contributed by atoms with E-state index in [-0.39, 0.29) is 16.3 Å². The van der Waals surface area contributed by atoms with Crippen LogP contribution < -0.4 is 4.72 Å². The van der Waals surface area contributed by atoms with E-state index in [2.05, 4.69) is 40.7 Å². The molecule has 1 heterocycles. The lowest BCUT2D eigenvalue weighted by Crippen LogP contribution is -2.17. The van der Waals surface area contributed by atoms with Gasteiger partial charge in [-0.1, -0.05) is 44.7 Å². The number of sulfonamides is 1. The summed E-state index contributed by atoms with van der Waals surface area (Å²) in [4.78, 5) is 4.21. The Balaban J connectivity index is 2.22. The molecule has 0 atom stereocenters. The van der Waals surface area contributed by atoms with Crippen LogP contribution in [0.15, 0.2) is 34.3 Å². The molecular formula is C14H20N4O2S2. The second kappa shape index (κ2) is 6.29. The van der Waals surface area contributed by atoms with Crippen molar-refractivity contribution in [1.29, 1.82) is 0 Å². The minimum absolute atomic E-state index is 0.0217. The molecule has 0 unspecified atom stereocenters. The summed E-state index contributed by atoms with van der Waals surface area (Å²) in [5.74, 6) is 0.113. The largest absolute Gasteiger partial charge is 0.264 e. The highest BCUT2D eigenvalue weighted by Crippen LogP contribution is 2.27. The summed E-state index contributed by atoms with van der Waals surface area (Å²) in [6, 6.07) is 6.93. The zero-order valence-electron chi connectivity index (χ0n) is 13.0. The summed E-state index contributed by atoms with van der Waals surface area (Å²) in [5.41, 5.74) is 1.13. The first kappa shape index (κ1) is 16.8. The maximum Gasteiger partial charge on any atom is 0.264 e. The van der Waals surface area contributed by atoms with Gasteiger partial charge in [0.25, 0.3) is 10.0 Å². The normalized spacial score (nSPS) is 12.4. The van der Waals surface area contributed by atoms with Gasteiger partial charge in [0.15, 0.2) is 0 Å². The fraction of sp³-hybridized carbons (Fsp3) is 0.429. The molecule has 0 aliphatic heterocycles. The first-order valence-corrected chi connectivity index (χ1v) is 9.59. The van der Waals surface area contributed by atoms with Crippen LogP contribution in [0.25, 0.3) is 0 Å². The zero-order valence-corrected chi connectivity index (χ0v) is 14.7. The lowest BCUT2D eigenvalue weighted by molar-refractivity contribution is 0.506. The number of hydrogen-bond acceptors (Lipinski definition) is 5. The molecule has 2 N–H and O–H groups in total. The fourth-order valence-electron chi connectivity index (χ4n) is 1.86. The molecular weight excluding hydrogens is 320 g/mol. The minimum atomic E-state index is -3.67. The van der Waals surface area contributed by atoms with E-state index >= 15 is 0 Å². The number of hydrogen-bond donors (Lipinski definition) is 2. The standard InChI is InChI=1S/C14H20N4O2S2/c1-5-14(2,3)10-6-8-11(9-7-10)22(19,20)18-12-15-13(21-4)17-16-12/h6-9H,5H2,1-4H3,(H2,15,16,17,18). The fourth-order valence-corrected chi connectivity index (χ4v) is 3.14. The Morgan fingerprint density at radius 3 is 2.41 bits per heavy atom. The number of benzene rings is 1. The van der Waals surface area contributed by atoms with Gasteiger partial charge in [-0.2, -0.15) is 4.98 Å². The Kier molecular flexibility index (Phi) is 4.81. The van der Waals surface area contributed by atoms with Crippen molar-refractivity contribution in [1.82, 2.24) is 15.2 Å². The van der Waals surface area contributed by atoms with Crippen molar-refractivity contribution in [2.24, 2.45) is 0 Å². The number of nitrogens with one attached hydrogen (secondary N) is 2. The Hall–Kier alpha value is -1.54. The third kappa shape index (κ3) is 3.61. The molecule has 0 aliphatic carbocycles. The van der Waals surface area contributed by atoms with Crippen LogP contribution in [0, 0.1) is 0 Å². The predicted octanol–water partition coefficient (Wildman–Crippen LogP) is 3.02. The van der Waals surface area contributed by atoms with Crippen molar-refractivity contribution in [3.05, 3.63) is 29.8 Å². The molecule has 0 fully saturated rings. The van der Waals surface area contributed by atoms with Gasteiger partial charge in [0.1, 0.15) is 0 Å². The van der Waals surface area contributed by atoms with E-state index in [4.69, 9.17) is 0 Å². The third-order valence-electron chi connectivity index (χ3n) is 3.71. The molecule has 1 aromatic carbocycles. The van der Waals surface area contributed by atoms with E-state index in [1.807, 2.05) is 18.4 Å². The first-order valence-electron chi connectivity index (χ1n) is 6.88. The molecule has 1 aromatic heterocycles. The van der Waals surface area contributed by atoms with Crippen LogP contribution in [0.3, 0.4) is 0 Å². The number of rotatable bonds is 6. The van der Waals surface area contributed by atoms with E-state index in [1.165, 1.54) is 11.8 Å². The van der Waals surface area contributed by atoms with Gasteiger partial charge in [-0.15, -0.1) is 5.10 Å². The van der Waals surface area contributed by atoms with Crippen molar-refractivity contribution in [3.8, 4) is 0 Å². The molecule has 0 amide bonds. The van der Waals surface area contributed by atoms with Crippen molar-refractivity contribution in [3.63, 3.8) is 0 Å². The predicted molar refractivity (Wildman–Crippen MR) is 88.7 cm³/mol. The van der Waals surface area contributed by atoms with Crippen molar-refractivity contribution in [2.45, 2.75) is 42.7 Å². The molecule has 8 heteroatoms. The number of anilines is 1. The zero-order chi connectivity index (χ0) is 16.4. The highest BCUT2D eigenvalue weighted by molar-refractivity contribution is 7.98. The second-order valence-electron chi connectivity index (χ2n) is 5.54. The van der Waals surface area contributed by atoms with E-state index in [1.54, 1.807) is 12.1 Å². The summed E-state index contributed by atoms with van der Waals surface area (Å²) in [7, 11) is -3.67. The van der Waals surface area contributed by atoms with Gasteiger partial charge in [0.2, 0.25) is 11.1 Å². The van der Waals surface area contributed by atoms with Crippen molar-refractivity contribution < 1.29 is 8.42 Å². The van der Waals surface area contributed by atoms with Crippen LogP contribution in [0.2, 0.25) is 0 Å². The molecule has 0 bridgehead atoms. The minimum Gasteiger partial charge on any atom is -0.248 e. The van der Waals surface area contributed by atoms with Crippen LogP contribution in [0.1, 0.15) is 32.8 Å². The van der Waals surface area contributed by atoms with Crippen LogP contribution in [0.5, 0.6) is 0 Å². The Morgan fingerprint density at radius 2 is 1.91 bits per heavy atom. The number of H-pyrrole nitrogens is 1. The molecule has 22 heavy (non-hydrogen) atoms. The third-order valence-corrected chi connectivity index (χ3v) is 5.61. The van der Waals surface area contributed by atoms with Gasteiger partial charge >= 0.3 is 0 Å². The van der Waals surface area contributed by atoms with Crippen LogP contribution in [0.4, 0.5) is 5.95 Å². The maximum atomic E-state index is 12.3. The van der Waals surface area contributed by atoms with Crippen LogP contribution in [-0.2, 0) is 15.4 Å². The Labute approximate surface area is 135 Å². The lowest BCUT2D eigenvalue weighted by atomic mass is 9.82. The summed E-state index contributed by atoms with van der Waals surface area (Å²) in [6.45, 7) is 6.37. The average Bonchev–Trinajstić information content (AvgIpc) is 2.94. The molecule has 6 nitrogen and oxygen atoms in total. The molecule has 0 saturated carbocycles. The summed E-state index contributed by atoms with van der Waals surface area (Å²) in [6.07, 6.45) is 2.79. The SMILES string of the molecule is CCC(C)(C)c1ccc(S(=O)(=O)Nc2nc(SC)n[nH]2)cc1. The van der Waals surface area contributed by atoms with Gasteiger partial charge in [-0.25, -0.2) is 18.2 Å². The molecule has 0 saturated heterocycles. The molecule has 2 rings (SSSR count). The molecule has 0 aliphatic rings. The van der Waals surface area contributed by atoms with Crippen molar-refractivity contribution in [2.75, 3.05) is 11.0 Å². The molecule has 0 radical (unpaired) electrons. The van der Waals surface area contributed by atoms with Gasteiger partial charge in [0.05, 0.1) is 4.90 Å². The van der Waals surface area contributed by atoms with Crippen LogP contribution >= 0.6 is 11.8 Å². The number of aromatic amines is 1. The molecule has 120 valence electrons. The summed E-state index contributed by atoms with van der Waals surface area (Å²) >= 11 is 1.33. The Morgan fingerprint density at radius 1 is 1.27 bits per heavy atom. The molecule has 0 spiro atoms. The van der Waals surface area contributed by atoms with Crippen molar-refractivity contribution >= 4 is 27.7 Å². The second-order valence-corrected chi connectivity index (χ2v) is 7.99. The number of thioether (sulfide) groups is 1.